The van der Waals surface area contributed by atoms with Crippen LogP contribution in [0.15, 0.2) is 60.7 Å². The van der Waals surface area contributed by atoms with E-state index in [-0.39, 0.29) is 24.3 Å². The van der Waals surface area contributed by atoms with Crippen LogP contribution in [0.4, 0.5) is 0 Å². The van der Waals surface area contributed by atoms with E-state index in [9.17, 15) is 9.59 Å². The molecular formula is C22H28N2O3. The third kappa shape index (κ3) is 5.93. The SMILES string of the molecule is CC(C)C(=O)N(Cc1ccccc1)[C@@H](C(=O)NCCCO)c1ccccc1. The molecule has 0 unspecified atom stereocenters. The molecule has 144 valence electrons. The summed E-state index contributed by atoms with van der Waals surface area (Å²) in [5.74, 6) is -0.547. The molecule has 0 aliphatic heterocycles. The Hall–Kier alpha value is -2.66. The fourth-order valence-corrected chi connectivity index (χ4v) is 2.90. The molecule has 0 saturated carbocycles. The predicted octanol–water partition coefficient (Wildman–Crippen LogP) is 2.91. The molecule has 0 fully saturated rings. The molecule has 27 heavy (non-hydrogen) atoms. The van der Waals surface area contributed by atoms with Gasteiger partial charge >= 0.3 is 0 Å². The number of benzene rings is 2. The first kappa shape index (κ1) is 20.6. The Balaban J connectivity index is 2.38. The van der Waals surface area contributed by atoms with Crippen LogP contribution in [0.1, 0.15) is 37.4 Å². The maximum Gasteiger partial charge on any atom is 0.247 e. The Labute approximate surface area is 161 Å². The molecule has 2 aromatic carbocycles. The summed E-state index contributed by atoms with van der Waals surface area (Å²) in [6.07, 6.45) is 0.476. The van der Waals surface area contributed by atoms with Crippen LogP contribution in [-0.2, 0) is 16.1 Å². The topological polar surface area (TPSA) is 69.6 Å². The molecule has 0 radical (unpaired) electrons. The lowest BCUT2D eigenvalue weighted by Gasteiger charge is -2.33. The van der Waals surface area contributed by atoms with E-state index in [0.717, 1.165) is 11.1 Å². The van der Waals surface area contributed by atoms with Crippen LogP contribution in [-0.4, -0.2) is 35.0 Å². The van der Waals surface area contributed by atoms with Gasteiger partial charge in [0.1, 0.15) is 6.04 Å². The van der Waals surface area contributed by atoms with Crippen molar-refractivity contribution in [3.05, 3.63) is 71.8 Å². The van der Waals surface area contributed by atoms with Gasteiger partial charge in [-0.1, -0.05) is 74.5 Å². The molecule has 0 aliphatic rings. The molecular weight excluding hydrogens is 340 g/mol. The molecule has 5 heteroatoms. The minimum Gasteiger partial charge on any atom is -0.396 e. The van der Waals surface area contributed by atoms with Crippen LogP contribution in [0.25, 0.3) is 0 Å². The first-order chi connectivity index (χ1) is 13.0. The number of aliphatic hydroxyl groups excluding tert-OH is 1. The molecule has 0 aromatic heterocycles. The molecule has 2 N–H and O–H groups in total. The van der Waals surface area contributed by atoms with Crippen molar-refractivity contribution in [1.29, 1.82) is 0 Å². The second-order valence-electron chi connectivity index (χ2n) is 6.79. The normalized spacial score (nSPS) is 11.9. The molecule has 2 amide bonds. The van der Waals surface area contributed by atoms with Gasteiger partial charge in [0.15, 0.2) is 0 Å². The van der Waals surface area contributed by atoms with Gasteiger partial charge in [-0.25, -0.2) is 0 Å². The number of amides is 2. The van der Waals surface area contributed by atoms with Crippen molar-refractivity contribution in [3.8, 4) is 0 Å². The van der Waals surface area contributed by atoms with Crippen molar-refractivity contribution in [1.82, 2.24) is 10.2 Å². The van der Waals surface area contributed by atoms with Crippen molar-refractivity contribution in [2.24, 2.45) is 5.92 Å². The van der Waals surface area contributed by atoms with Crippen LogP contribution in [0.3, 0.4) is 0 Å². The van der Waals surface area contributed by atoms with Crippen molar-refractivity contribution < 1.29 is 14.7 Å². The number of aliphatic hydroxyl groups is 1. The summed E-state index contributed by atoms with van der Waals surface area (Å²) in [5.41, 5.74) is 1.74. The highest BCUT2D eigenvalue weighted by Gasteiger charge is 2.32. The minimum atomic E-state index is -0.722. The Bertz CT molecular complexity index is 717. The zero-order valence-electron chi connectivity index (χ0n) is 16.0. The molecule has 0 spiro atoms. The lowest BCUT2D eigenvalue weighted by atomic mass is 10.0. The second-order valence-corrected chi connectivity index (χ2v) is 6.79. The Morgan fingerprint density at radius 1 is 1.00 bits per heavy atom. The second kappa shape index (κ2) is 10.5. The van der Waals surface area contributed by atoms with Gasteiger partial charge in [-0.2, -0.15) is 0 Å². The van der Waals surface area contributed by atoms with Crippen LogP contribution in [0, 0.1) is 5.92 Å². The monoisotopic (exact) mass is 368 g/mol. The maximum atomic E-state index is 13.0. The van der Waals surface area contributed by atoms with Crippen LogP contribution < -0.4 is 5.32 Å². The Morgan fingerprint density at radius 2 is 1.59 bits per heavy atom. The zero-order valence-corrected chi connectivity index (χ0v) is 16.0. The molecule has 5 nitrogen and oxygen atoms in total. The van der Waals surface area contributed by atoms with Gasteiger partial charge in [0.2, 0.25) is 11.8 Å². The maximum absolute atomic E-state index is 13.0. The number of rotatable bonds is 9. The van der Waals surface area contributed by atoms with E-state index in [4.69, 9.17) is 5.11 Å². The highest BCUT2D eigenvalue weighted by molar-refractivity contribution is 5.89. The molecule has 2 rings (SSSR count). The van der Waals surface area contributed by atoms with Gasteiger partial charge in [0.25, 0.3) is 0 Å². The summed E-state index contributed by atoms with van der Waals surface area (Å²) >= 11 is 0. The van der Waals surface area contributed by atoms with Gasteiger partial charge in [0.05, 0.1) is 0 Å². The van der Waals surface area contributed by atoms with Gasteiger partial charge < -0.3 is 15.3 Å². The summed E-state index contributed by atoms with van der Waals surface area (Å²) in [6, 6.07) is 18.3. The Kier molecular flexibility index (Phi) is 8.01. The zero-order chi connectivity index (χ0) is 19.6. The molecule has 0 bridgehead atoms. The third-order valence-corrected chi connectivity index (χ3v) is 4.28. The largest absolute Gasteiger partial charge is 0.396 e. The minimum absolute atomic E-state index is 0.00887. The number of nitrogens with one attached hydrogen (secondary N) is 1. The van der Waals surface area contributed by atoms with Crippen LogP contribution in [0.5, 0.6) is 0 Å². The highest BCUT2D eigenvalue weighted by Crippen LogP contribution is 2.25. The fraction of sp³-hybridized carbons (Fsp3) is 0.364. The van der Waals surface area contributed by atoms with Gasteiger partial charge in [-0.05, 0) is 17.5 Å². The average molecular weight is 368 g/mol. The summed E-state index contributed by atoms with van der Waals surface area (Å²) in [5, 5.41) is 11.8. The average Bonchev–Trinajstić information content (AvgIpc) is 2.68. The molecule has 0 aliphatic carbocycles. The number of hydrogen-bond acceptors (Lipinski definition) is 3. The molecule has 0 heterocycles. The van der Waals surface area contributed by atoms with E-state index in [1.807, 2.05) is 74.5 Å². The molecule has 1 atom stereocenters. The van der Waals surface area contributed by atoms with Gasteiger partial charge in [0, 0.05) is 25.6 Å². The summed E-state index contributed by atoms with van der Waals surface area (Å²) in [7, 11) is 0. The lowest BCUT2D eigenvalue weighted by Crippen LogP contribution is -2.45. The van der Waals surface area contributed by atoms with E-state index in [2.05, 4.69) is 5.32 Å². The van der Waals surface area contributed by atoms with Gasteiger partial charge in [-0.3, -0.25) is 9.59 Å². The van der Waals surface area contributed by atoms with E-state index < -0.39 is 6.04 Å². The number of hydrogen-bond donors (Lipinski definition) is 2. The predicted molar refractivity (Wildman–Crippen MR) is 106 cm³/mol. The quantitative estimate of drug-likeness (QED) is 0.669. The number of nitrogens with zero attached hydrogens (tertiary/aromatic N) is 1. The molecule has 0 saturated heterocycles. The van der Waals surface area contributed by atoms with Crippen molar-refractivity contribution >= 4 is 11.8 Å². The lowest BCUT2D eigenvalue weighted by molar-refractivity contribution is -0.144. The fourth-order valence-electron chi connectivity index (χ4n) is 2.90. The van der Waals surface area contributed by atoms with E-state index in [1.54, 1.807) is 4.90 Å². The van der Waals surface area contributed by atoms with E-state index in [1.165, 1.54) is 0 Å². The highest BCUT2D eigenvalue weighted by atomic mass is 16.3. The molecule has 2 aromatic rings. The standard InChI is InChI=1S/C22H28N2O3/c1-17(2)22(27)24(16-18-10-5-3-6-11-18)20(19-12-7-4-8-13-19)21(26)23-14-9-15-25/h3-8,10-13,17,20,25H,9,14-16H2,1-2H3,(H,23,26)/t20-/m1/s1. The first-order valence-electron chi connectivity index (χ1n) is 9.32. The van der Waals surface area contributed by atoms with Crippen LogP contribution >= 0.6 is 0 Å². The van der Waals surface area contributed by atoms with E-state index >= 15 is 0 Å². The summed E-state index contributed by atoms with van der Waals surface area (Å²) in [6.45, 7) is 4.41. The van der Waals surface area contributed by atoms with Crippen molar-refractivity contribution in [3.63, 3.8) is 0 Å². The van der Waals surface area contributed by atoms with Crippen LogP contribution in [0.2, 0.25) is 0 Å². The van der Waals surface area contributed by atoms with E-state index in [0.29, 0.717) is 19.5 Å². The number of carbonyl (C=O) groups is 2. The first-order valence-corrected chi connectivity index (χ1v) is 9.32. The number of carbonyl (C=O) groups excluding carboxylic acids is 2. The van der Waals surface area contributed by atoms with Crippen molar-refractivity contribution in [2.45, 2.75) is 32.9 Å². The van der Waals surface area contributed by atoms with Crippen molar-refractivity contribution in [2.75, 3.05) is 13.2 Å². The Morgan fingerprint density at radius 3 is 2.15 bits per heavy atom. The summed E-state index contributed by atoms with van der Waals surface area (Å²) < 4.78 is 0. The van der Waals surface area contributed by atoms with Gasteiger partial charge in [-0.15, -0.1) is 0 Å². The smallest absolute Gasteiger partial charge is 0.247 e. The third-order valence-electron chi connectivity index (χ3n) is 4.28. The summed E-state index contributed by atoms with van der Waals surface area (Å²) in [4.78, 5) is 27.6.